The number of rotatable bonds is 3. The van der Waals surface area contributed by atoms with Crippen LogP contribution in [0, 0.1) is 0 Å². The molecule has 1 aromatic heterocycles. The molecule has 2 nitrogen and oxygen atoms in total. The highest BCUT2D eigenvalue weighted by molar-refractivity contribution is 8.00. The second kappa shape index (κ2) is 8.22. The minimum Gasteiger partial charge on any atom is -0.328 e. The SMILES string of the molecule is c1ccc2c(c1)C1CCSC1N2c1ccc(-c2ccc(-n3c4c(c5ccccc53)CCS4)cc2)cc1. The van der Waals surface area contributed by atoms with Gasteiger partial charge in [0.2, 0.25) is 0 Å². The van der Waals surface area contributed by atoms with E-state index in [0.29, 0.717) is 11.3 Å². The van der Waals surface area contributed by atoms with E-state index in [2.05, 4.69) is 118 Å². The molecule has 0 saturated carbocycles. The molecule has 3 aliphatic rings. The molecule has 176 valence electrons. The Kier molecular flexibility index (Phi) is 4.81. The molecule has 2 unspecified atom stereocenters. The van der Waals surface area contributed by atoms with Crippen molar-refractivity contribution in [1.29, 1.82) is 0 Å². The Bertz CT molecular complexity index is 1600. The predicted molar refractivity (Wildman–Crippen MR) is 155 cm³/mol. The lowest BCUT2D eigenvalue weighted by Crippen LogP contribution is -2.23. The summed E-state index contributed by atoms with van der Waals surface area (Å²) in [4.78, 5) is 2.57. The third-order valence-electron chi connectivity index (χ3n) is 8.04. The minimum absolute atomic E-state index is 0.531. The van der Waals surface area contributed by atoms with Crippen molar-refractivity contribution >= 4 is 45.8 Å². The summed E-state index contributed by atoms with van der Waals surface area (Å²) in [5.41, 5.74) is 10.8. The van der Waals surface area contributed by atoms with Crippen molar-refractivity contribution in [3.05, 3.63) is 108 Å². The van der Waals surface area contributed by atoms with Crippen LogP contribution in [0.25, 0.3) is 27.7 Å². The van der Waals surface area contributed by atoms with Gasteiger partial charge in [0, 0.05) is 34.1 Å². The van der Waals surface area contributed by atoms with Crippen molar-refractivity contribution < 1.29 is 0 Å². The second-order valence-corrected chi connectivity index (χ2v) is 12.2. The van der Waals surface area contributed by atoms with Gasteiger partial charge < -0.3 is 9.47 Å². The summed E-state index contributed by atoms with van der Waals surface area (Å²) in [6, 6.07) is 36.2. The first-order valence-electron chi connectivity index (χ1n) is 12.8. The molecule has 0 amide bonds. The Morgan fingerprint density at radius 1 is 0.694 bits per heavy atom. The quantitative estimate of drug-likeness (QED) is 0.244. The summed E-state index contributed by atoms with van der Waals surface area (Å²) in [6.07, 6.45) is 2.45. The molecule has 4 heteroatoms. The molecule has 4 heterocycles. The number of benzene rings is 4. The van der Waals surface area contributed by atoms with Gasteiger partial charge in [-0.05, 0) is 77.2 Å². The van der Waals surface area contributed by atoms with Crippen LogP contribution < -0.4 is 4.90 Å². The number of aromatic nitrogens is 1. The highest BCUT2D eigenvalue weighted by Gasteiger charge is 2.42. The summed E-state index contributed by atoms with van der Waals surface area (Å²) in [5.74, 6) is 3.09. The number of hydrogen-bond acceptors (Lipinski definition) is 3. The van der Waals surface area contributed by atoms with Gasteiger partial charge in [0.1, 0.15) is 0 Å². The van der Waals surface area contributed by atoms with E-state index in [1.54, 1.807) is 0 Å². The van der Waals surface area contributed by atoms with Crippen LogP contribution in [0.1, 0.15) is 23.5 Å². The molecule has 1 saturated heterocycles. The smallest absolute Gasteiger partial charge is 0.0868 e. The van der Waals surface area contributed by atoms with Crippen molar-refractivity contribution in [1.82, 2.24) is 4.57 Å². The van der Waals surface area contributed by atoms with E-state index >= 15 is 0 Å². The van der Waals surface area contributed by atoms with Gasteiger partial charge in [0.25, 0.3) is 0 Å². The molecule has 0 N–H and O–H groups in total. The number of aryl methyl sites for hydroxylation is 1. The normalized spacial score (nSPS) is 20.1. The van der Waals surface area contributed by atoms with E-state index < -0.39 is 0 Å². The number of anilines is 2. The van der Waals surface area contributed by atoms with Gasteiger partial charge in [0.05, 0.1) is 15.9 Å². The first kappa shape index (κ1) is 21.0. The number of para-hydroxylation sites is 2. The predicted octanol–water partition coefficient (Wildman–Crippen LogP) is 8.64. The van der Waals surface area contributed by atoms with Gasteiger partial charge in [-0.2, -0.15) is 0 Å². The zero-order valence-electron chi connectivity index (χ0n) is 19.9. The molecular formula is C32H26N2S2. The summed E-state index contributed by atoms with van der Waals surface area (Å²) in [6.45, 7) is 0. The van der Waals surface area contributed by atoms with Gasteiger partial charge in [-0.15, -0.1) is 23.5 Å². The Labute approximate surface area is 220 Å². The standard InChI is InChI=1S/C32H26N2S2/c1-3-7-29-25(5-1)27-17-19-35-31(27)33(29)23-13-9-21(10-14-23)22-11-15-24(16-12-22)34-30-8-4-2-6-26(30)28-18-20-36-32(28)34/h1-16,27,31H,17-20H2. The Morgan fingerprint density at radius 3 is 2.25 bits per heavy atom. The fourth-order valence-electron chi connectivity index (χ4n) is 6.38. The third-order valence-corrected chi connectivity index (χ3v) is 10.5. The van der Waals surface area contributed by atoms with Crippen LogP contribution in [0.5, 0.6) is 0 Å². The first-order valence-corrected chi connectivity index (χ1v) is 14.9. The van der Waals surface area contributed by atoms with Gasteiger partial charge in [-0.25, -0.2) is 0 Å². The highest BCUT2D eigenvalue weighted by Crippen LogP contribution is 2.54. The Morgan fingerprint density at radius 2 is 1.42 bits per heavy atom. The lowest BCUT2D eigenvalue weighted by atomic mass is 9.99. The van der Waals surface area contributed by atoms with Crippen LogP contribution in [0.15, 0.2) is 102 Å². The van der Waals surface area contributed by atoms with Crippen molar-refractivity contribution in [2.75, 3.05) is 16.4 Å². The summed E-state index contributed by atoms with van der Waals surface area (Å²) >= 11 is 4.09. The molecule has 0 radical (unpaired) electrons. The number of nitrogens with zero attached hydrogens (tertiary/aromatic N) is 2. The fraction of sp³-hybridized carbons (Fsp3) is 0.188. The van der Waals surface area contributed by atoms with Crippen LogP contribution >= 0.6 is 23.5 Å². The summed E-state index contributed by atoms with van der Waals surface area (Å²) in [7, 11) is 0. The molecule has 2 atom stereocenters. The fourth-order valence-corrected chi connectivity index (χ4v) is 9.13. The van der Waals surface area contributed by atoms with E-state index in [1.807, 2.05) is 11.8 Å². The van der Waals surface area contributed by atoms with Crippen LogP contribution in [-0.2, 0) is 6.42 Å². The molecule has 36 heavy (non-hydrogen) atoms. The Balaban J connectivity index is 1.12. The van der Waals surface area contributed by atoms with Crippen molar-refractivity contribution in [3.8, 4) is 16.8 Å². The number of fused-ring (bicyclic) bond motifs is 6. The maximum absolute atomic E-state index is 2.57. The zero-order chi connectivity index (χ0) is 23.6. The van der Waals surface area contributed by atoms with Gasteiger partial charge in [-0.3, -0.25) is 0 Å². The lowest BCUT2D eigenvalue weighted by Gasteiger charge is -2.26. The number of thioether (sulfide) groups is 2. The largest absolute Gasteiger partial charge is 0.328 e. The van der Waals surface area contributed by atoms with Crippen molar-refractivity contribution in [3.63, 3.8) is 0 Å². The zero-order valence-corrected chi connectivity index (χ0v) is 21.6. The van der Waals surface area contributed by atoms with Gasteiger partial charge in [0.15, 0.2) is 0 Å². The molecule has 0 bridgehead atoms. The lowest BCUT2D eigenvalue weighted by molar-refractivity contribution is 0.709. The van der Waals surface area contributed by atoms with Crippen molar-refractivity contribution in [2.45, 2.75) is 29.2 Å². The van der Waals surface area contributed by atoms with Crippen LogP contribution in [0.2, 0.25) is 0 Å². The van der Waals surface area contributed by atoms with Gasteiger partial charge in [-0.1, -0.05) is 60.7 Å². The molecular weight excluding hydrogens is 477 g/mol. The molecule has 0 aliphatic carbocycles. The van der Waals surface area contributed by atoms with E-state index in [9.17, 15) is 0 Å². The van der Waals surface area contributed by atoms with E-state index in [-0.39, 0.29) is 0 Å². The monoisotopic (exact) mass is 502 g/mol. The maximum Gasteiger partial charge on any atom is 0.0868 e. The second-order valence-electron chi connectivity index (χ2n) is 9.91. The summed E-state index contributed by atoms with van der Waals surface area (Å²) in [5, 5.41) is 3.36. The maximum atomic E-state index is 2.57. The van der Waals surface area contributed by atoms with E-state index in [1.165, 1.54) is 79.6 Å². The molecule has 5 aromatic rings. The van der Waals surface area contributed by atoms with E-state index in [0.717, 1.165) is 0 Å². The number of hydrogen-bond donors (Lipinski definition) is 0. The van der Waals surface area contributed by atoms with Crippen LogP contribution in [0.3, 0.4) is 0 Å². The van der Waals surface area contributed by atoms with Crippen LogP contribution in [-0.4, -0.2) is 21.4 Å². The minimum atomic E-state index is 0.531. The third kappa shape index (κ3) is 3.07. The van der Waals surface area contributed by atoms with E-state index in [4.69, 9.17) is 0 Å². The Hall–Kier alpha value is -3.08. The first-order chi connectivity index (χ1) is 17.9. The topological polar surface area (TPSA) is 8.17 Å². The van der Waals surface area contributed by atoms with Gasteiger partial charge >= 0.3 is 0 Å². The average molecular weight is 503 g/mol. The summed E-state index contributed by atoms with van der Waals surface area (Å²) < 4.78 is 2.45. The molecule has 8 rings (SSSR count). The molecule has 0 spiro atoms. The highest BCUT2D eigenvalue weighted by atomic mass is 32.2. The molecule has 3 aliphatic heterocycles. The van der Waals surface area contributed by atoms with Crippen molar-refractivity contribution in [2.24, 2.45) is 0 Å². The van der Waals surface area contributed by atoms with Crippen LogP contribution in [0.4, 0.5) is 11.4 Å². The average Bonchev–Trinajstić information content (AvgIpc) is 3.70. The molecule has 1 fully saturated rings. The molecule has 4 aromatic carbocycles.